The lowest BCUT2D eigenvalue weighted by Crippen LogP contribution is -2.37. The zero-order valence-electron chi connectivity index (χ0n) is 9.96. The van der Waals surface area contributed by atoms with Crippen molar-refractivity contribution in [2.24, 2.45) is 5.41 Å². The molecule has 0 amide bonds. The van der Waals surface area contributed by atoms with Crippen LogP contribution in [-0.4, -0.2) is 38.4 Å². The third kappa shape index (κ3) is 2.74. The van der Waals surface area contributed by atoms with Gasteiger partial charge in [0.05, 0.1) is 25.7 Å². The number of esters is 1. The summed E-state index contributed by atoms with van der Waals surface area (Å²) in [6.45, 7) is 5.27. The van der Waals surface area contributed by atoms with Crippen molar-refractivity contribution in [1.29, 1.82) is 0 Å². The molecule has 0 aromatic rings. The van der Waals surface area contributed by atoms with Crippen LogP contribution >= 0.6 is 0 Å². The molecular weight excluding hydrogens is 206 g/mol. The first-order valence-electron chi connectivity index (χ1n) is 6.22. The Kier molecular flexibility index (Phi) is 3.82. The van der Waals surface area contributed by atoms with Crippen molar-refractivity contribution in [3.8, 4) is 0 Å². The highest BCUT2D eigenvalue weighted by molar-refractivity contribution is 5.70. The minimum Gasteiger partial charge on any atom is -0.466 e. The zero-order valence-corrected chi connectivity index (χ0v) is 9.96. The zero-order chi connectivity index (χ0) is 11.4. The summed E-state index contributed by atoms with van der Waals surface area (Å²) in [4.78, 5) is 11.4. The van der Waals surface area contributed by atoms with Crippen molar-refractivity contribution in [2.45, 2.75) is 38.7 Å². The minimum atomic E-state index is -0.126. The van der Waals surface area contributed by atoms with E-state index in [0.717, 1.165) is 26.1 Å². The fourth-order valence-corrected chi connectivity index (χ4v) is 2.74. The van der Waals surface area contributed by atoms with Gasteiger partial charge in [0.2, 0.25) is 0 Å². The number of ether oxygens (including phenoxy) is 2. The van der Waals surface area contributed by atoms with Crippen LogP contribution < -0.4 is 5.32 Å². The van der Waals surface area contributed by atoms with Gasteiger partial charge < -0.3 is 14.8 Å². The molecule has 0 saturated carbocycles. The predicted octanol–water partition coefficient (Wildman–Crippen LogP) is 1.10. The van der Waals surface area contributed by atoms with Crippen molar-refractivity contribution in [3.05, 3.63) is 0 Å². The Bertz CT molecular complexity index is 249. The molecule has 16 heavy (non-hydrogen) atoms. The molecule has 92 valence electrons. The summed E-state index contributed by atoms with van der Waals surface area (Å²) in [5.41, 5.74) is 0.336. The molecular formula is C12H21NO3. The van der Waals surface area contributed by atoms with Crippen LogP contribution in [0.1, 0.15) is 32.6 Å². The Morgan fingerprint density at radius 1 is 1.50 bits per heavy atom. The molecule has 1 spiro atoms. The summed E-state index contributed by atoms with van der Waals surface area (Å²) in [6.07, 6.45) is 3.87. The van der Waals surface area contributed by atoms with Gasteiger partial charge in [-0.2, -0.15) is 0 Å². The molecule has 0 aromatic heterocycles. The summed E-state index contributed by atoms with van der Waals surface area (Å²) >= 11 is 0. The van der Waals surface area contributed by atoms with Crippen molar-refractivity contribution >= 4 is 5.97 Å². The summed E-state index contributed by atoms with van der Waals surface area (Å²) in [5, 5.41) is 3.36. The molecule has 2 fully saturated rings. The molecule has 1 atom stereocenters. The SMILES string of the molecule is CCOC(=O)CC1CC2(CCNCC2)CO1. The summed E-state index contributed by atoms with van der Waals surface area (Å²) < 4.78 is 10.7. The number of carbonyl (C=O) groups excluding carboxylic acids is 1. The van der Waals surface area contributed by atoms with Gasteiger partial charge in [-0.15, -0.1) is 0 Å². The smallest absolute Gasteiger partial charge is 0.308 e. The molecule has 4 heteroatoms. The van der Waals surface area contributed by atoms with Crippen molar-refractivity contribution in [3.63, 3.8) is 0 Å². The molecule has 2 rings (SSSR count). The highest BCUT2D eigenvalue weighted by Gasteiger charge is 2.41. The lowest BCUT2D eigenvalue weighted by atomic mass is 9.77. The lowest BCUT2D eigenvalue weighted by molar-refractivity contribution is -0.145. The van der Waals surface area contributed by atoms with E-state index in [2.05, 4.69) is 5.32 Å². The van der Waals surface area contributed by atoms with Crippen molar-refractivity contribution in [2.75, 3.05) is 26.3 Å². The van der Waals surface area contributed by atoms with E-state index in [1.807, 2.05) is 6.92 Å². The maximum absolute atomic E-state index is 11.4. The highest BCUT2D eigenvalue weighted by Crippen LogP contribution is 2.41. The monoisotopic (exact) mass is 227 g/mol. The van der Waals surface area contributed by atoms with Crippen LogP contribution in [0.4, 0.5) is 0 Å². The minimum absolute atomic E-state index is 0.0807. The van der Waals surface area contributed by atoms with Gasteiger partial charge in [0.1, 0.15) is 0 Å². The van der Waals surface area contributed by atoms with Crippen molar-refractivity contribution in [1.82, 2.24) is 5.32 Å². The molecule has 4 nitrogen and oxygen atoms in total. The number of nitrogens with one attached hydrogen (secondary N) is 1. The van der Waals surface area contributed by atoms with Crippen LogP contribution in [0.3, 0.4) is 0 Å². The predicted molar refractivity (Wildman–Crippen MR) is 60.1 cm³/mol. The van der Waals surface area contributed by atoms with Crippen LogP contribution in [0.15, 0.2) is 0 Å². The first-order valence-corrected chi connectivity index (χ1v) is 6.22. The Morgan fingerprint density at radius 2 is 2.25 bits per heavy atom. The molecule has 0 aromatic carbocycles. The van der Waals surface area contributed by atoms with E-state index in [1.54, 1.807) is 0 Å². The van der Waals surface area contributed by atoms with Gasteiger partial charge in [0.15, 0.2) is 0 Å². The largest absolute Gasteiger partial charge is 0.466 e. The van der Waals surface area contributed by atoms with Crippen LogP contribution in [0.5, 0.6) is 0 Å². The van der Waals surface area contributed by atoms with E-state index in [0.29, 0.717) is 18.4 Å². The number of hydrogen-bond acceptors (Lipinski definition) is 4. The molecule has 2 heterocycles. The summed E-state index contributed by atoms with van der Waals surface area (Å²) in [6, 6.07) is 0. The molecule has 0 bridgehead atoms. The maximum atomic E-state index is 11.4. The first-order chi connectivity index (χ1) is 7.74. The Labute approximate surface area is 96.7 Å². The van der Waals surface area contributed by atoms with E-state index >= 15 is 0 Å². The van der Waals surface area contributed by atoms with Gasteiger partial charge in [-0.3, -0.25) is 4.79 Å². The molecule has 1 unspecified atom stereocenters. The molecule has 0 radical (unpaired) electrons. The number of piperidine rings is 1. The number of rotatable bonds is 3. The molecule has 1 N–H and O–H groups in total. The van der Waals surface area contributed by atoms with E-state index in [1.165, 1.54) is 12.8 Å². The molecule has 2 aliphatic rings. The van der Waals surface area contributed by atoms with E-state index in [4.69, 9.17) is 9.47 Å². The van der Waals surface area contributed by atoms with E-state index in [-0.39, 0.29) is 12.1 Å². The second-order valence-electron chi connectivity index (χ2n) is 4.90. The quantitative estimate of drug-likeness (QED) is 0.733. The van der Waals surface area contributed by atoms with Gasteiger partial charge in [-0.05, 0) is 44.7 Å². The van der Waals surface area contributed by atoms with Gasteiger partial charge in [-0.25, -0.2) is 0 Å². The van der Waals surface area contributed by atoms with Gasteiger partial charge in [0, 0.05) is 0 Å². The third-order valence-electron chi connectivity index (χ3n) is 3.65. The molecule has 0 aliphatic carbocycles. The van der Waals surface area contributed by atoms with Crippen LogP contribution in [0, 0.1) is 5.41 Å². The van der Waals surface area contributed by atoms with E-state index < -0.39 is 0 Å². The first kappa shape index (κ1) is 11.9. The Balaban J connectivity index is 1.80. The van der Waals surface area contributed by atoms with Gasteiger partial charge in [0.25, 0.3) is 0 Å². The summed E-state index contributed by atoms with van der Waals surface area (Å²) in [7, 11) is 0. The van der Waals surface area contributed by atoms with Crippen LogP contribution in [-0.2, 0) is 14.3 Å². The fourth-order valence-electron chi connectivity index (χ4n) is 2.74. The van der Waals surface area contributed by atoms with Crippen molar-refractivity contribution < 1.29 is 14.3 Å². The normalized spacial score (nSPS) is 28.2. The average Bonchev–Trinajstić information content (AvgIpc) is 2.63. The summed E-state index contributed by atoms with van der Waals surface area (Å²) in [5.74, 6) is -0.126. The highest BCUT2D eigenvalue weighted by atomic mass is 16.5. The fraction of sp³-hybridized carbons (Fsp3) is 0.917. The topological polar surface area (TPSA) is 47.6 Å². The standard InChI is InChI=1S/C12H21NO3/c1-2-15-11(14)7-10-8-12(9-16-10)3-5-13-6-4-12/h10,13H,2-9H2,1H3. The van der Waals surface area contributed by atoms with E-state index in [9.17, 15) is 4.79 Å². The van der Waals surface area contributed by atoms with Crippen LogP contribution in [0.2, 0.25) is 0 Å². The Morgan fingerprint density at radius 3 is 2.94 bits per heavy atom. The molecule has 2 saturated heterocycles. The second kappa shape index (κ2) is 5.15. The molecule has 2 aliphatic heterocycles. The Hall–Kier alpha value is -0.610. The van der Waals surface area contributed by atoms with Gasteiger partial charge in [-0.1, -0.05) is 0 Å². The average molecular weight is 227 g/mol. The van der Waals surface area contributed by atoms with Gasteiger partial charge >= 0.3 is 5.97 Å². The second-order valence-corrected chi connectivity index (χ2v) is 4.90. The lowest BCUT2D eigenvalue weighted by Gasteiger charge is -2.32. The maximum Gasteiger partial charge on any atom is 0.308 e. The third-order valence-corrected chi connectivity index (χ3v) is 3.65. The number of carbonyl (C=O) groups is 1. The van der Waals surface area contributed by atoms with Crippen LogP contribution in [0.25, 0.3) is 0 Å². The number of hydrogen-bond donors (Lipinski definition) is 1.